The highest BCUT2D eigenvalue weighted by molar-refractivity contribution is 7.89. The smallest absolute Gasteiger partial charge is 0.338 e. The largest absolute Gasteiger partial charge is 0.462 e. The second-order valence-electron chi connectivity index (χ2n) is 5.71. The maximum absolute atomic E-state index is 11.9. The standard InChI is InChI=1S/C18H20N2O7S/c1-3-4-11-26-18(21)13-5-7-14(8-6-13)27-17-10-9-15(28(24,25)19-2)12-16(17)20(22)23/h5-10,12,19H,3-4,11H2,1-2H3. The minimum atomic E-state index is -3.83. The molecule has 2 aromatic rings. The van der Waals surface area contributed by atoms with E-state index in [1.165, 1.54) is 43.4 Å². The SMILES string of the molecule is CCCCOC(=O)c1ccc(Oc2ccc(S(=O)(=O)NC)cc2[N+](=O)[O-])cc1. The Hall–Kier alpha value is -2.98. The van der Waals surface area contributed by atoms with Crippen LogP contribution in [0.5, 0.6) is 11.5 Å². The average Bonchev–Trinajstić information content (AvgIpc) is 2.68. The van der Waals surface area contributed by atoms with Gasteiger partial charge in [0.2, 0.25) is 15.8 Å². The second kappa shape index (κ2) is 9.29. The highest BCUT2D eigenvalue weighted by atomic mass is 32.2. The molecule has 2 rings (SSSR count). The Kier molecular flexibility index (Phi) is 7.07. The monoisotopic (exact) mass is 408 g/mol. The third-order valence-electron chi connectivity index (χ3n) is 3.76. The van der Waals surface area contributed by atoms with E-state index >= 15 is 0 Å². The van der Waals surface area contributed by atoms with Gasteiger partial charge < -0.3 is 9.47 Å². The normalized spacial score (nSPS) is 11.1. The molecule has 9 nitrogen and oxygen atoms in total. The highest BCUT2D eigenvalue weighted by Crippen LogP contribution is 2.33. The van der Waals surface area contributed by atoms with E-state index in [1.54, 1.807) is 0 Å². The fourth-order valence-corrected chi connectivity index (χ4v) is 2.94. The van der Waals surface area contributed by atoms with E-state index in [-0.39, 0.29) is 16.4 Å². The predicted molar refractivity (Wildman–Crippen MR) is 101 cm³/mol. The van der Waals surface area contributed by atoms with Gasteiger partial charge in [0.15, 0.2) is 0 Å². The van der Waals surface area contributed by atoms with Crippen molar-refractivity contribution in [3.05, 3.63) is 58.1 Å². The Balaban J connectivity index is 2.21. The molecule has 10 heteroatoms. The van der Waals surface area contributed by atoms with Gasteiger partial charge in [-0.15, -0.1) is 0 Å². The fraction of sp³-hybridized carbons (Fsp3) is 0.278. The van der Waals surface area contributed by atoms with Gasteiger partial charge in [0.1, 0.15) is 5.75 Å². The predicted octanol–water partition coefficient (Wildman–Crippen LogP) is 3.25. The first-order valence-corrected chi connectivity index (χ1v) is 9.94. The molecule has 0 unspecified atom stereocenters. The number of esters is 1. The molecule has 0 saturated heterocycles. The molecule has 28 heavy (non-hydrogen) atoms. The maximum atomic E-state index is 11.9. The van der Waals surface area contributed by atoms with Crippen molar-refractivity contribution in [3.63, 3.8) is 0 Å². The molecule has 0 aliphatic carbocycles. The van der Waals surface area contributed by atoms with Gasteiger partial charge in [-0.2, -0.15) is 0 Å². The first-order valence-electron chi connectivity index (χ1n) is 8.45. The minimum absolute atomic E-state index is 0.127. The Labute approximate surface area is 162 Å². The van der Waals surface area contributed by atoms with Crippen LogP contribution in [0, 0.1) is 10.1 Å². The van der Waals surface area contributed by atoms with E-state index in [2.05, 4.69) is 4.72 Å². The molecule has 0 aliphatic heterocycles. The summed E-state index contributed by atoms with van der Waals surface area (Å²) in [4.78, 5) is 22.2. The fourth-order valence-electron chi connectivity index (χ4n) is 2.19. The summed E-state index contributed by atoms with van der Waals surface area (Å²) in [6.45, 7) is 2.32. The van der Waals surface area contributed by atoms with Crippen LogP contribution in [-0.2, 0) is 14.8 Å². The number of nitro benzene ring substituents is 1. The van der Waals surface area contributed by atoms with Gasteiger partial charge in [0, 0.05) is 6.07 Å². The Bertz CT molecular complexity index is 956. The summed E-state index contributed by atoms with van der Waals surface area (Å²) in [5, 5.41) is 11.3. The lowest BCUT2D eigenvalue weighted by Crippen LogP contribution is -2.18. The van der Waals surface area contributed by atoms with Gasteiger partial charge in [-0.3, -0.25) is 10.1 Å². The Morgan fingerprint density at radius 1 is 1.18 bits per heavy atom. The number of unbranched alkanes of at least 4 members (excludes halogenated alkanes) is 1. The highest BCUT2D eigenvalue weighted by Gasteiger charge is 2.22. The quantitative estimate of drug-likeness (QED) is 0.292. The van der Waals surface area contributed by atoms with Crippen molar-refractivity contribution in [1.29, 1.82) is 0 Å². The number of hydrogen-bond acceptors (Lipinski definition) is 7. The number of carbonyl (C=O) groups is 1. The first kappa shape index (κ1) is 21.3. The Morgan fingerprint density at radius 2 is 1.86 bits per heavy atom. The molecule has 0 atom stereocenters. The molecule has 0 aromatic heterocycles. The van der Waals surface area contributed by atoms with E-state index in [9.17, 15) is 23.3 Å². The van der Waals surface area contributed by atoms with Crippen molar-refractivity contribution in [2.24, 2.45) is 0 Å². The summed E-state index contributed by atoms with van der Waals surface area (Å²) in [6.07, 6.45) is 1.68. The zero-order valence-electron chi connectivity index (χ0n) is 15.4. The number of benzene rings is 2. The molecular weight excluding hydrogens is 388 g/mol. The van der Waals surface area contributed by atoms with Gasteiger partial charge in [0.25, 0.3) is 0 Å². The number of carbonyl (C=O) groups excluding carboxylic acids is 1. The van der Waals surface area contributed by atoms with Crippen LogP contribution in [0.25, 0.3) is 0 Å². The molecule has 0 amide bonds. The van der Waals surface area contributed by atoms with Gasteiger partial charge in [-0.25, -0.2) is 17.9 Å². The lowest BCUT2D eigenvalue weighted by molar-refractivity contribution is -0.385. The van der Waals surface area contributed by atoms with Crippen LogP contribution in [0.4, 0.5) is 5.69 Å². The number of ether oxygens (including phenoxy) is 2. The van der Waals surface area contributed by atoms with Crippen molar-refractivity contribution in [2.75, 3.05) is 13.7 Å². The van der Waals surface area contributed by atoms with Gasteiger partial charge in [-0.05, 0) is 49.9 Å². The van der Waals surface area contributed by atoms with Crippen LogP contribution in [0.3, 0.4) is 0 Å². The van der Waals surface area contributed by atoms with Crippen molar-refractivity contribution < 1.29 is 27.6 Å². The molecule has 0 spiro atoms. The lowest BCUT2D eigenvalue weighted by Gasteiger charge is -2.09. The van der Waals surface area contributed by atoms with E-state index in [1.807, 2.05) is 6.92 Å². The molecular formula is C18H20N2O7S. The molecule has 0 saturated carbocycles. The third-order valence-corrected chi connectivity index (χ3v) is 5.17. The van der Waals surface area contributed by atoms with Crippen LogP contribution in [0.1, 0.15) is 30.1 Å². The van der Waals surface area contributed by atoms with E-state index in [4.69, 9.17) is 9.47 Å². The van der Waals surface area contributed by atoms with Crippen LogP contribution < -0.4 is 9.46 Å². The van der Waals surface area contributed by atoms with E-state index in [0.29, 0.717) is 12.2 Å². The number of rotatable bonds is 9. The van der Waals surface area contributed by atoms with Gasteiger partial charge in [-0.1, -0.05) is 13.3 Å². The first-order chi connectivity index (χ1) is 13.3. The molecule has 0 radical (unpaired) electrons. The number of nitrogens with zero attached hydrogens (tertiary/aromatic N) is 1. The Morgan fingerprint density at radius 3 is 2.43 bits per heavy atom. The number of sulfonamides is 1. The van der Waals surface area contributed by atoms with Crippen molar-refractivity contribution in [2.45, 2.75) is 24.7 Å². The number of nitro groups is 1. The van der Waals surface area contributed by atoms with Crippen LogP contribution in [-0.4, -0.2) is 33.0 Å². The summed E-state index contributed by atoms with van der Waals surface area (Å²) < 4.78 is 36.3. The van der Waals surface area contributed by atoms with Crippen molar-refractivity contribution >= 4 is 21.7 Å². The van der Waals surface area contributed by atoms with Crippen LogP contribution in [0.15, 0.2) is 47.4 Å². The zero-order chi connectivity index (χ0) is 20.7. The molecule has 0 aliphatic rings. The molecule has 0 heterocycles. The van der Waals surface area contributed by atoms with Crippen molar-refractivity contribution in [1.82, 2.24) is 4.72 Å². The topological polar surface area (TPSA) is 125 Å². The maximum Gasteiger partial charge on any atom is 0.338 e. The number of nitrogens with one attached hydrogen (secondary N) is 1. The zero-order valence-corrected chi connectivity index (χ0v) is 16.2. The molecule has 0 fully saturated rings. The molecule has 2 aromatic carbocycles. The third kappa shape index (κ3) is 5.27. The summed E-state index contributed by atoms with van der Waals surface area (Å²) in [6, 6.07) is 9.23. The summed E-state index contributed by atoms with van der Waals surface area (Å²) in [5.41, 5.74) is -0.173. The van der Waals surface area contributed by atoms with Crippen LogP contribution in [0.2, 0.25) is 0 Å². The van der Waals surface area contributed by atoms with Crippen LogP contribution >= 0.6 is 0 Å². The van der Waals surface area contributed by atoms with Crippen molar-refractivity contribution in [3.8, 4) is 11.5 Å². The van der Waals surface area contributed by atoms with Gasteiger partial charge in [0.05, 0.1) is 22.0 Å². The lowest BCUT2D eigenvalue weighted by atomic mass is 10.2. The van der Waals surface area contributed by atoms with E-state index < -0.39 is 26.6 Å². The van der Waals surface area contributed by atoms with E-state index in [0.717, 1.165) is 18.9 Å². The second-order valence-corrected chi connectivity index (χ2v) is 7.60. The molecule has 150 valence electrons. The average molecular weight is 408 g/mol. The minimum Gasteiger partial charge on any atom is -0.462 e. The molecule has 0 bridgehead atoms. The van der Waals surface area contributed by atoms with Gasteiger partial charge >= 0.3 is 11.7 Å². The summed E-state index contributed by atoms with van der Waals surface area (Å²) in [7, 11) is -2.62. The number of hydrogen-bond donors (Lipinski definition) is 1. The summed E-state index contributed by atoms with van der Waals surface area (Å²) >= 11 is 0. The summed E-state index contributed by atoms with van der Waals surface area (Å²) in [5.74, 6) is -0.344. The molecule has 1 N–H and O–H groups in total.